The summed E-state index contributed by atoms with van der Waals surface area (Å²) in [6.07, 6.45) is 4.58. The zero-order valence-electron chi connectivity index (χ0n) is 14.7. The summed E-state index contributed by atoms with van der Waals surface area (Å²) in [7, 11) is 0. The molecule has 1 aliphatic heterocycles. The number of hydrogen-bond acceptors (Lipinski definition) is 3. The van der Waals surface area contributed by atoms with Crippen molar-refractivity contribution in [1.29, 1.82) is 0 Å². The van der Waals surface area contributed by atoms with Gasteiger partial charge in [0.25, 0.3) is 0 Å². The summed E-state index contributed by atoms with van der Waals surface area (Å²) in [4.78, 5) is 16.3. The van der Waals surface area contributed by atoms with Gasteiger partial charge >= 0.3 is 0 Å². The van der Waals surface area contributed by atoms with Crippen LogP contribution in [0.5, 0.6) is 5.75 Å². The topological polar surface area (TPSA) is 51.2 Å². The Kier molecular flexibility index (Phi) is 5.07. The number of nitrogens with zero attached hydrogens (tertiary/aromatic N) is 1. The Balaban J connectivity index is 1.38. The average molecular weight is 379 g/mol. The number of pyridine rings is 1. The average Bonchev–Trinajstić information content (AvgIpc) is 3.10. The summed E-state index contributed by atoms with van der Waals surface area (Å²) in [6, 6.07) is 17.5. The Morgan fingerprint density at radius 1 is 1.15 bits per heavy atom. The third-order valence-corrected chi connectivity index (χ3v) is 4.84. The minimum absolute atomic E-state index is 0.0359. The number of nitrogens with one attached hydrogen (secondary N) is 1. The van der Waals surface area contributed by atoms with Crippen LogP contribution in [-0.2, 0) is 17.6 Å². The van der Waals surface area contributed by atoms with Crippen molar-refractivity contribution in [3.8, 4) is 16.9 Å². The van der Waals surface area contributed by atoms with Crippen molar-refractivity contribution in [2.24, 2.45) is 0 Å². The molecule has 2 heterocycles. The predicted molar refractivity (Wildman–Crippen MR) is 106 cm³/mol. The first-order chi connectivity index (χ1) is 13.2. The van der Waals surface area contributed by atoms with E-state index in [1.165, 1.54) is 5.56 Å². The highest BCUT2D eigenvalue weighted by Crippen LogP contribution is 2.38. The highest BCUT2D eigenvalue weighted by atomic mass is 35.5. The maximum Gasteiger partial charge on any atom is 0.224 e. The molecule has 136 valence electrons. The molecule has 4 rings (SSSR count). The van der Waals surface area contributed by atoms with Gasteiger partial charge in [-0.3, -0.25) is 9.78 Å². The minimum atomic E-state index is -0.0636. The molecule has 1 atom stereocenters. The Bertz CT molecular complexity index is 960. The quantitative estimate of drug-likeness (QED) is 0.728. The lowest BCUT2D eigenvalue weighted by Crippen LogP contribution is -2.35. The molecular formula is C22H19ClN2O2. The van der Waals surface area contributed by atoms with Crippen LogP contribution in [0.15, 0.2) is 67.0 Å². The number of aromatic nitrogens is 1. The summed E-state index contributed by atoms with van der Waals surface area (Å²) in [5.41, 5.74) is 4.20. The fourth-order valence-corrected chi connectivity index (χ4v) is 3.55. The van der Waals surface area contributed by atoms with Gasteiger partial charge in [0.2, 0.25) is 5.91 Å². The van der Waals surface area contributed by atoms with Gasteiger partial charge in [-0.1, -0.05) is 41.9 Å². The summed E-state index contributed by atoms with van der Waals surface area (Å²) in [5.74, 6) is 0.865. The Morgan fingerprint density at radius 2 is 1.96 bits per heavy atom. The smallest absolute Gasteiger partial charge is 0.224 e. The van der Waals surface area contributed by atoms with E-state index < -0.39 is 0 Å². The van der Waals surface area contributed by atoms with E-state index in [-0.39, 0.29) is 12.0 Å². The van der Waals surface area contributed by atoms with Crippen LogP contribution in [0, 0.1) is 0 Å². The third kappa shape index (κ3) is 4.12. The van der Waals surface area contributed by atoms with Gasteiger partial charge in [-0.2, -0.15) is 0 Å². The van der Waals surface area contributed by atoms with Crippen LogP contribution in [0.2, 0.25) is 5.02 Å². The first-order valence-electron chi connectivity index (χ1n) is 8.89. The number of carbonyl (C=O) groups is 1. The Labute approximate surface area is 163 Å². The van der Waals surface area contributed by atoms with Crippen molar-refractivity contribution in [1.82, 2.24) is 10.3 Å². The number of fused-ring (bicyclic) bond motifs is 1. The van der Waals surface area contributed by atoms with E-state index in [9.17, 15) is 4.79 Å². The lowest BCUT2D eigenvalue weighted by Gasteiger charge is -2.13. The van der Waals surface area contributed by atoms with Gasteiger partial charge < -0.3 is 10.1 Å². The molecule has 3 aromatic rings. The number of halogens is 1. The molecule has 1 N–H and O–H groups in total. The molecule has 0 fully saturated rings. The largest absolute Gasteiger partial charge is 0.487 e. The van der Waals surface area contributed by atoms with E-state index in [2.05, 4.69) is 16.4 Å². The van der Waals surface area contributed by atoms with Crippen molar-refractivity contribution >= 4 is 17.5 Å². The molecule has 0 saturated heterocycles. The SMILES string of the molecule is O=C(Cc1cccc(Cl)c1)NCC1Cc2cccc(-c3ccncc3)c2O1. The van der Waals surface area contributed by atoms with Gasteiger partial charge in [0.1, 0.15) is 11.9 Å². The molecule has 0 radical (unpaired) electrons. The zero-order valence-corrected chi connectivity index (χ0v) is 15.4. The van der Waals surface area contributed by atoms with Crippen LogP contribution >= 0.6 is 11.6 Å². The maximum atomic E-state index is 12.2. The van der Waals surface area contributed by atoms with E-state index in [4.69, 9.17) is 16.3 Å². The normalized spacial score (nSPS) is 15.1. The molecule has 2 aromatic carbocycles. The monoisotopic (exact) mass is 378 g/mol. The molecule has 1 unspecified atom stereocenters. The lowest BCUT2D eigenvalue weighted by molar-refractivity contribution is -0.120. The van der Waals surface area contributed by atoms with Gasteiger partial charge in [0.15, 0.2) is 0 Å². The van der Waals surface area contributed by atoms with Gasteiger partial charge in [-0.05, 0) is 41.0 Å². The highest BCUT2D eigenvalue weighted by Gasteiger charge is 2.26. The molecular weight excluding hydrogens is 360 g/mol. The molecule has 0 aliphatic carbocycles. The van der Waals surface area contributed by atoms with E-state index in [1.54, 1.807) is 18.5 Å². The van der Waals surface area contributed by atoms with Gasteiger partial charge in [0, 0.05) is 29.4 Å². The molecule has 0 bridgehead atoms. The molecule has 5 heteroatoms. The lowest BCUT2D eigenvalue weighted by atomic mass is 10.0. The molecule has 1 aromatic heterocycles. The standard InChI is InChI=1S/C22H19ClN2O2/c23-18-5-1-3-15(11-18)12-21(26)25-14-19-13-17-4-2-6-20(22(17)27-19)16-7-9-24-10-8-16/h1-11,19H,12-14H2,(H,25,26). The molecule has 1 aliphatic rings. The molecule has 0 spiro atoms. The third-order valence-electron chi connectivity index (χ3n) is 4.60. The van der Waals surface area contributed by atoms with Gasteiger partial charge in [0.05, 0.1) is 13.0 Å². The predicted octanol–water partition coefficient (Wildman–Crippen LogP) is 4.06. The first-order valence-corrected chi connectivity index (χ1v) is 9.27. The highest BCUT2D eigenvalue weighted by molar-refractivity contribution is 6.30. The summed E-state index contributed by atoms with van der Waals surface area (Å²) < 4.78 is 6.16. The number of amides is 1. The molecule has 27 heavy (non-hydrogen) atoms. The van der Waals surface area contributed by atoms with Crippen molar-refractivity contribution in [3.63, 3.8) is 0 Å². The summed E-state index contributed by atoms with van der Waals surface area (Å²) in [5, 5.41) is 3.61. The zero-order chi connectivity index (χ0) is 18.6. The number of carbonyl (C=O) groups excluding carboxylic acids is 1. The second-order valence-corrected chi connectivity index (χ2v) is 7.02. The van der Waals surface area contributed by atoms with E-state index >= 15 is 0 Å². The van der Waals surface area contributed by atoms with Crippen LogP contribution in [-0.4, -0.2) is 23.5 Å². The molecule has 4 nitrogen and oxygen atoms in total. The van der Waals surface area contributed by atoms with E-state index in [0.29, 0.717) is 18.0 Å². The summed E-state index contributed by atoms with van der Waals surface area (Å²) in [6.45, 7) is 0.476. The van der Waals surface area contributed by atoms with E-state index in [1.807, 2.05) is 42.5 Å². The minimum Gasteiger partial charge on any atom is -0.487 e. The number of hydrogen-bond donors (Lipinski definition) is 1. The van der Waals surface area contributed by atoms with Crippen molar-refractivity contribution in [2.75, 3.05) is 6.54 Å². The number of para-hydroxylation sites is 1. The van der Waals surface area contributed by atoms with Crippen molar-refractivity contribution < 1.29 is 9.53 Å². The number of benzene rings is 2. The molecule has 0 saturated carbocycles. The van der Waals surface area contributed by atoms with Crippen molar-refractivity contribution in [2.45, 2.75) is 18.9 Å². The van der Waals surface area contributed by atoms with Crippen LogP contribution < -0.4 is 10.1 Å². The Hall–Kier alpha value is -2.85. The van der Waals surface area contributed by atoms with Crippen LogP contribution in [0.25, 0.3) is 11.1 Å². The van der Waals surface area contributed by atoms with Gasteiger partial charge in [-0.15, -0.1) is 0 Å². The second kappa shape index (κ2) is 7.80. The van der Waals surface area contributed by atoms with Crippen LogP contribution in [0.1, 0.15) is 11.1 Å². The number of ether oxygens (including phenoxy) is 1. The number of rotatable bonds is 5. The summed E-state index contributed by atoms with van der Waals surface area (Å²) >= 11 is 5.97. The molecule has 1 amide bonds. The second-order valence-electron chi connectivity index (χ2n) is 6.58. The van der Waals surface area contributed by atoms with Crippen molar-refractivity contribution in [3.05, 3.63) is 83.1 Å². The first kappa shape index (κ1) is 17.6. The van der Waals surface area contributed by atoms with E-state index in [0.717, 1.165) is 28.9 Å². The van der Waals surface area contributed by atoms with Crippen LogP contribution in [0.3, 0.4) is 0 Å². The van der Waals surface area contributed by atoms with Gasteiger partial charge in [-0.25, -0.2) is 0 Å². The van der Waals surface area contributed by atoms with Crippen LogP contribution in [0.4, 0.5) is 0 Å². The fourth-order valence-electron chi connectivity index (χ4n) is 3.33. The Morgan fingerprint density at radius 3 is 2.78 bits per heavy atom. The maximum absolute atomic E-state index is 12.2. The fraction of sp³-hybridized carbons (Fsp3) is 0.182.